The average molecular weight is 367 g/mol. The average Bonchev–Trinajstić information content (AvgIpc) is 3.02. The van der Waals surface area contributed by atoms with E-state index in [1.165, 1.54) is 12.1 Å². The molecule has 0 bridgehead atoms. The molecule has 0 unspecified atom stereocenters. The smallest absolute Gasteiger partial charge is 0.256 e. The van der Waals surface area contributed by atoms with Gasteiger partial charge in [0.1, 0.15) is 24.1 Å². The zero-order valence-corrected chi connectivity index (χ0v) is 15.0. The monoisotopic (exact) mass is 367 g/mol. The summed E-state index contributed by atoms with van der Waals surface area (Å²) < 4.78 is 43.2. The van der Waals surface area contributed by atoms with E-state index in [-0.39, 0.29) is 5.69 Å². The molecule has 3 aliphatic rings. The van der Waals surface area contributed by atoms with Gasteiger partial charge < -0.3 is 29.0 Å². The Labute approximate surface area is 150 Å². The molecule has 0 radical (unpaired) electrons. The van der Waals surface area contributed by atoms with Gasteiger partial charge in [-0.3, -0.25) is 4.79 Å². The maximum atomic E-state index is 13.9. The lowest BCUT2D eigenvalue weighted by Gasteiger charge is -2.36. The Morgan fingerprint density at radius 1 is 0.962 bits per heavy atom. The number of nitrogens with one attached hydrogen (secondary N) is 1. The molecule has 1 amide bonds. The van der Waals surface area contributed by atoms with Gasteiger partial charge in [-0.2, -0.15) is 0 Å². The molecule has 0 saturated carbocycles. The number of rotatable bonds is 2. The van der Waals surface area contributed by atoms with Gasteiger partial charge in [0.15, 0.2) is 24.0 Å². The number of ether oxygens (including phenoxy) is 5. The molecule has 142 valence electrons. The lowest BCUT2D eigenvalue weighted by Crippen LogP contribution is -2.58. The molecule has 3 fully saturated rings. The summed E-state index contributed by atoms with van der Waals surface area (Å²) in [5, 5.41) is 2.55. The van der Waals surface area contributed by atoms with Crippen LogP contribution in [0.1, 0.15) is 27.7 Å². The van der Waals surface area contributed by atoms with Crippen molar-refractivity contribution >= 4 is 11.6 Å². The van der Waals surface area contributed by atoms with Crippen molar-refractivity contribution in [2.24, 2.45) is 0 Å². The lowest BCUT2D eigenvalue weighted by molar-refractivity contribution is -0.229. The Hall–Kier alpha value is -1.58. The molecule has 3 saturated heterocycles. The fourth-order valence-electron chi connectivity index (χ4n) is 3.59. The van der Waals surface area contributed by atoms with Crippen LogP contribution >= 0.6 is 0 Å². The van der Waals surface area contributed by atoms with E-state index in [4.69, 9.17) is 23.7 Å². The van der Waals surface area contributed by atoms with E-state index in [1.807, 2.05) is 0 Å². The third kappa shape index (κ3) is 3.12. The minimum Gasteiger partial charge on any atom is -0.342 e. The summed E-state index contributed by atoms with van der Waals surface area (Å²) in [4.78, 5) is 12.8. The molecule has 8 heteroatoms. The molecule has 26 heavy (non-hydrogen) atoms. The first kappa shape index (κ1) is 17.8. The molecule has 4 rings (SSSR count). The Morgan fingerprint density at radius 2 is 1.58 bits per heavy atom. The van der Waals surface area contributed by atoms with E-state index in [1.54, 1.807) is 39.8 Å². The number of amides is 1. The molecule has 1 N–H and O–H groups in total. The van der Waals surface area contributed by atoms with Gasteiger partial charge in [0.05, 0.1) is 5.69 Å². The van der Waals surface area contributed by atoms with Gasteiger partial charge in [-0.25, -0.2) is 4.39 Å². The van der Waals surface area contributed by atoms with E-state index in [0.717, 1.165) is 0 Å². The molecule has 3 aliphatic heterocycles. The van der Waals surface area contributed by atoms with Crippen LogP contribution in [0.15, 0.2) is 24.3 Å². The molecule has 1 aromatic carbocycles. The second-order valence-electron chi connectivity index (χ2n) is 7.56. The van der Waals surface area contributed by atoms with Crippen LogP contribution in [0.4, 0.5) is 10.1 Å². The van der Waals surface area contributed by atoms with Crippen LogP contribution in [-0.4, -0.2) is 48.2 Å². The number of hydrogen-bond donors (Lipinski definition) is 1. The van der Waals surface area contributed by atoms with Crippen molar-refractivity contribution in [2.45, 2.75) is 70.0 Å². The predicted molar refractivity (Wildman–Crippen MR) is 87.6 cm³/mol. The minimum absolute atomic E-state index is 0.0712. The largest absolute Gasteiger partial charge is 0.342 e. The standard InChI is InChI=1S/C18H22FNO6/c1-17(2)23-11-12(24-17)14-16(26-18(3,4)25-14)22-13(11)15(21)20-10-8-6-5-7-9(10)19/h5-8,11-14,16H,1-4H3,(H,20,21)/t11-,12+,13+,14+,16-/m0/s1. The molecule has 0 aliphatic carbocycles. The van der Waals surface area contributed by atoms with Crippen LogP contribution in [0.25, 0.3) is 0 Å². The van der Waals surface area contributed by atoms with Gasteiger partial charge in [0.2, 0.25) is 0 Å². The Bertz CT molecular complexity index is 723. The highest BCUT2D eigenvalue weighted by Gasteiger charge is 2.62. The molecule has 1 aromatic rings. The molecule has 5 atom stereocenters. The summed E-state index contributed by atoms with van der Waals surface area (Å²) >= 11 is 0. The lowest BCUT2D eigenvalue weighted by atomic mass is 9.98. The number of carbonyl (C=O) groups is 1. The maximum Gasteiger partial charge on any atom is 0.256 e. The number of fused-ring (bicyclic) bond motifs is 3. The zero-order valence-electron chi connectivity index (χ0n) is 15.0. The van der Waals surface area contributed by atoms with Gasteiger partial charge in [0.25, 0.3) is 5.91 Å². The summed E-state index contributed by atoms with van der Waals surface area (Å²) in [5.74, 6) is -2.83. The summed E-state index contributed by atoms with van der Waals surface area (Å²) in [6, 6.07) is 5.93. The summed E-state index contributed by atoms with van der Waals surface area (Å²) in [6.45, 7) is 7.04. The Morgan fingerprint density at radius 3 is 2.31 bits per heavy atom. The van der Waals surface area contributed by atoms with Crippen molar-refractivity contribution in [3.8, 4) is 0 Å². The van der Waals surface area contributed by atoms with Crippen LogP contribution in [-0.2, 0) is 28.5 Å². The highest BCUT2D eigenvalue weighted by Crippen LogP contribution is 2.44. The van der Waals surface area contributed by atoms with Crippen molar-refractivity contribution in [1.82, 2.24) is 0 Å². The van der Waals surface area contributed by atoms with Gasteiger partial charge in [-0.1, -0.05) is 12.1 Å². The van der Waals surface area contributed by atoms with E-state index >= 15 is 0 Å². The molecular weight excluding hydrogens is 345 g/mol. The summed E-state index contributed by atoms with van der Waals surface area (Å²) in [6.07, 6.45) is -3.56. The fourth-order valence-corrected chi connectivity index (χ4v) is 3.59. The number of para-hydroxylation sites is 1. The fraction of sp³-hybridized carbons (Fsp3) is 0.611. The second kappa shape index (κ2) is 5.97. The van der Waals surface area contributed by atoms with Crippen LogP contribution < -0.4 is 5.32 Å². The van der Waals surface area contributed by atoms with Crippen LogP contribution in [0.2, 0.25) is 0 Å². The first-order valence-electron chi connectivity index (χ1n) is 8.57. The first-order chi connectivity index (χ1) is 12.2. The maximum absolute atomic E-state index is 13.9. The normalized spacial score (nSPS) is 37.0. The Kier molecular flexibility index (Phi) is 4.09. The number of anilines is 1. The first-order valence-corrected chi connectivity index (χ1v) is 8.57. The zero-order chi connectivity index (χ0) is 18.7. The third-order valence-electron chi connectivity index (χ3n) is 4.54. The molecule has 0 aromatic heterocycles. The van der Waals surface area contributed by atoms with Crippen LogP contribution in [0.5, 0.6) is 0 Å². The van der Waals surface area contributed by atoms with Crippen LogP contribution in [0, 0.1) is 5.82 Å². The number of carbonyl (C=O) groups excluding carboxylic acids is 1. The molecular formula is C18H22FNO6. The van der Waals surface area contributed by atoms with Crippen molar-refractivity contribution in [3.05, 3.63) is 30.1 Å². The van der Waals surface area contributed by atoms with E-state index in [2.05, 4.69) is 5.32 Å². The SMILES string of the molecule is CC1(C)O[C@@H]2O[C@@H](C(=O)Nc3ccccc3F)[C@H]3OC(C)(C)O[C@H]3[C@H]2O1. The quantitative estimate of drug-likeness (QED) is 0.863. The van der Waals surface area contributed by atoms with Gasteiger partial charge >= 0.3 is 0 Å². The highest BCUT2D eigenvalue weighted by atomic mass is 19.1. The van der Waals surface area contributed by atoms with Crippen molar-refractivity contribution < 1.29 is 32.9 Å². The second-order valence-corrected chi connectivity index (χ2v) is 7.56. The number of hydrogen-bond acceptors (Lipinski definition) is 6. The molecule has 0 spiro atoms. The Balaban J connectivity index is 1.59. The minimum atomic E-state index is -1.03. The van der Waals surface area contributed by atoms with Crippen molar-refractivity contribution in [1.29, 1.82) is 0 Å². The van der Waals surface area contributed by atoms with Crippen molar-refractivity contribution in [3.63, 3.8) is 0 Å². The van der Waals surface area contributed by atoms with E-state index < -0.39 is 54.0 Å². The summed E-state index contributed by atoms with van der Waals surface area (Å²) in [5.41, 5.74) is 0.0712. The molecule has 3 heterocycles. The third-order valence-corrected chi connectivity index (χ3v) is 4.54. The van der Waals surface area contributed by atoms with Gasteiger partial charge in [-0.05, 0) is 39.8 Å². The number of benzene rings is 1. The van der Waals surface area contributed by atoms with Crippen LogP contribution in [0.3, 0.4) is 0 Å². The van der Waals surface area contributed by atoms with E-state index in [9.17, 15) is 9.18 Å². The highest BCUT2D eigenvalue weighted by molar-refractivity contribution is 5.95. The summed E-state index contributed by atoms with van der Waals surface area (Å²) in [7, 11) is 0. The number of halogens is 1. The van der Waals surface area contributed by atoms with Crippen molar-refractivity contribution in [2.75, 3.05) is 5.32 Å². The van der Waals surface area contributed by atoms with Gasteiger partial charge in [0, 0.05) is 0 Å². The van der Waals surface area contributed by atoms with E-state index in [0.29, 0.717) is 0 Å². The molecule has 7 nitrogen and oxygen atoms in total. The predicted octanol–water partition coefficient (Wildman–Crippen LogP) is 2.16. The topological polar surface area (TPSA) is 75.3 Å². The van der Waals surface area contributed by atoms with Gasteiger partial charge in [-0.15, -0.1) is 0 Å².